The van der Waals surface area contributed by atoms with E-state index in [4.69, 9.17) is 16.3 Å². The molecule has 0 unspecified atom stereocenters. The molecule has 0 aliphatic rings. The zero-order valence-corrected chi connectivity index (χ0v) is 15.8. The number of hydrogen-bond donors (Lipinski definition) is 2. The molecule has 0 heterocycles. The molecule has 0 saturated carbocycles. The standard InChI is InChI=1S/C21H16ClF3N2O2/c1-2-10-29-15-8-6-13-4-3-5-19(16(13)12-15)27-20(28)26-14-7-9-18(22)17(11-14)21(23,24)25/h2-9,11-12H,1,10H2,(H2,26,27,28). The first-order valence-corrected chi connectivity index (χ1v) is 8.87. The Balaban J connectivity index is 1.82. The highest BCUT2D eigenvalue weighted by molar-refractivity contribution is 6.31. The largest absolute Gasteiger partial charge is 0.490 e. The number of carbonyl (C=O) groups excluding carboxylic acids is 1. The van der Waals surface area contributed by atoms with Gasteiger partial charge >= 0.3 is 12.2 Å². The summed E-state index contributed by atoms with van der Waals surface area (Å²) in [5, 5.41) is 6.18. The number of anilines is 2. The van der Waals surface area contributed by atoms with Crippen molar-refractivity contribution in [3.8, 4) is 5.75 Å². The van der Waals surface area contributed by atoms with Crippen molar-refractivity contribution in [1.29, 1.82) is 0 Å². The van der Waals surface area contributed by atoms with Gasteiger partial charge in [0.1, 0.15) is 12.4 Å². The summed E-state index contributed by atoms with van der Waals surface area (Å²) in [5.41, 5.74) is -0.574. The molecule has 0 radical (unpaired) electrons. The molecule has 0 bridgehead atoms. The van der Waals surface area contributed by atoms with E-state index in [0.29, 0.717) is 18.0 Å². The minimum Gasteiger partial charge on any atom is -0.490 e. The summed E-state index contributed by atoms with van der Waals surface area (Å²) >= 11 is 5.60. The summed E-state index contributed by atoms with van der Waals surface area (Å²) in [6.45, 7) is 3.93. The van der Waals surface area contributed by atoms with Crippen molar-refractivity contribution in [2.45, 2.75) is 6.18 Å². The summed E-state index contributed by atoms with van der Waals surface area (Å²) in [7, 11) is 0. The molecule has 0 spiro atoms. The molecule has 3 aromatic rings. The number of alkyl halides is 3. The van der Waals surface area contributed by atoms with E-state index in [9.17, 15) is 18.0 Å². The molecule has 150 valence electrons. The molecule has 8 heteroatoms. The Morgan fingerprint density at radius 1 is 1.10 bits per heavy atom. The van der Waals surface area contributed by atoms with Crippen LogP contribution in [0.3, 0.4) is 0 Å². The number of carbonyl (C=O) groups is 1. The zero-order chi connectivity index (χ0) is 21.0. The van der Waals surface area contributed by atoms with E-state index in [0.717, 1.165) is 22.9 Å². The smallest absolute Gasteiger partial charge is 0.417 e. The van der Waals surface area contributed by atoms with Gasteiger partial charge in [-0.3, -0.25) is 0 Å². The number of nitrogens with one attached hydrogen (secondary N) is 2. The fraction of sp³-hybridized carbons (Fsp3) is 0.0952. The maximum absolute atomic E-state index is 13.0. The Bertz CT molecular complexity index is 1070. The second kappa shape index (κ2) is 8.45. The highest BCUT2D eigenvalue weighted by Gasteiger charge is 2.33. The van der Waals surface area contributed by atoms with Gasteiger partial charge < -0.3 is 15.4 Å². The molecule has 2 N–H and O–H groups in total. The van der Waals surface area contributed by atoms with Crippen LogP contribution in [0.4, 0.5) is 29.3 Å². The topological polar surface area (TPSA) is 50.4 Å². The van der Waals surface area contributed by atoms with Gasteiger partial charge in [0.05, 0.1) is 16.3 Å². The molecule has 0 saturated heterocycles. The number of amides is 2. The minimum atomic E-state index is -4.62. The van der Waals surface area contributed by atoms with Gasteiger partial charge in [-0.15, -0.1) is 0 Å². The van der Waals surface area contributed by atoms with E-state index >= 15 is 0 Å². The second-order valence-electron chi connectivity index (χ2n) is 6.06. The van der Waals surface area contributed by atoms with Crippen LogP contribution in [0.1, 0.15) is 5.56 Å². The quantitative estimate of drug-likeness (QED) is 0.450. The zero-order valence-electron chi connectivity index (χ0n) is 15.0. The van der Waals surface area contributed by atoms with Gasteiger partial charge in [-0.1, -0.05) is 42.5 Å². The van der Waals surface area contributed by atoms with Gasteiger partial charge in [-0.05, 0) is 41.8 Å². The van der Waals surface area contributed by atoms with Crippen molar-refractivity contribution in [1.82, 2.24) is 0 Å². The van der Waals surface area contributed by atoms with Crippen LogP contribution in [0.5, 0.6) is 5.75 Å². The predicted molar refractivity (Wildman–Crippen MR) is 109 cm³/mol. The molecule has 0 atom stereocenters. The molecule has 0 fully saturated rings. The lowest BCUT2D eigenvalue weighted by atomic mass is 10.1. The van der Waals surface area contributed by atoms with Crippen LogP contribution < -0.4 is 15.4 Å². The fourth-order valence-corrected chi connectivity index (χ4v) is 2.94. The number of rotatable bonds is 5. The third-order valence-electron chi connectivity index (χ3n) is 4.00. The Morgan fingerprint density at radius 2 is 1.90 bits per heavy atom. The molecule has 0 aliphatic carbocycles. The summed E-state index contributed by atoms with van der Waals surface area (Å²) in [4.78, 5) is 12.3. The Kier molecular flexibility index (Phi) is 5.98. The van der Waals surface area contributed by atoms with Gasteiger partial charge in [-0.25, -0.2) is 4.79 Å². The van der Waals surface area contributed by atoms with Crippen LogP contribution in [0, 0.1) is 0 Å². The second-order valence-corrected chi connectivity index (χ2v) is 6.47. The summed E-state index contributed by atoms with van der Waals surface area (Å²) in [6.07, 6.45) is -3.01. The van der Waals surface area contributed by atoms with E-state index in [1.165, 1.54) is 6.07 Å². The van der Waals surface area contributed by atoms with E-state index in [1.807, 2.05) is 12.1 Å². The molecule has 0 aliphatic heterocycles. The molecule has 0 aromatic heterocycles. The first-order chi connectivity index (χ1) is 13.8. The average molecular weight is 421 g/mol. The van der Waals surface area contributed by atoms with Crippen molar-refractivity contribution in [3.05, 3.63) is 77.8 Å². The maximum atomic E-state index is 13.0. The highest BCUT2D eigenvalue weighted by Crippen LogP contribution is 2.36. The van der Waals surface area contributed by atoms with Gasteiger partial charge in [0, 0.05) is 11.1 Å². The maximum Gasteiger partial charge on any atom is 0.417 e. The molecular formula is C21H16ClF3N2O2. The SMILES string of the molecule is C=CCOc1ccc2cccc(NC(=O)Nc3ccc(Cl)c(C(F)(F)F)c3)c2c1. The van der Waals surface area contributed by atoms with Crippen LogP contribution in [0.25, 0.3) is 10.8 Å². The number of hydrogen-bond acceptors (Lipinski definition) is 2. The van der Waals surface area contributed by atoms with Crippen molar-refractivity contribution >= 4 is 39.8 Å². The van der Waals surface area contributed by atoms with Crippen molar-refractivity contribution in [2.75, 3.05) is 17.2 Å². The van der Waals surface area contributed by atoms with Gasteiger partial charge in [0.2, 0.25) is 0 Å². The third-order valence-corrected chi connectivity index (χ3v) is 4.33. The first kappa shape index (κ1) is 20.5. The number of halogens is 4. The lowest BCUT2D eigenvalue weighted by Gasteiger charge is -2.13. The van der Waals surface area contributed by atoms with Crippen LogP contribution in [0.2, 0.25) is 5.02 Å². The number of benzene rings is 3. The Hall–Kier alpha value is -3.19. The van der Waals surface area contributed by atoms with Crippen LogP contribution in [-0.4, -0.2) is 12.6 Å². The summed E-state index contributed by atoms with van der Waals surface area (Å²) < 4.78 is 44.5. The van der Waals surface area contributed by atoms with E-state index in [-0.39, 0.29) is 5.69 Å². The predicted octanol–water partition coefficient (Wildman–Crippen LogP) is 6.72. The molecular weight excluding hydrogens is 405 g/mol. The van der Waals surface area contributed by atoms with Crippen LogP contribution in [-0.2, 0) is 6.18 Å². The molecule has 29 heavy (non-hydrogen) atoms. The molecule has 2 amide bonds. The van der Waals surface area contributed by atoms with E-state index < -0.39 is 22.8 Å². The Labute approximate surface area is 169 Å². The fourth-order valence-electron chi connectivity index (χ4n) is 2.71. The van der Waals surface area contributed by atoms with Gasteiger partial charge in [0.15, 0.2) is 0 Å². The normalized spacial score (nSPS) is 11.2. The van der Waals surface area contributed by atoms with Crippen LogP contribution >= 0.6 is 11.6 Å². The third kappa shape index (κ3) is 5.00. The number of urea groups is 1. The van der Waals surface area contributed by atoms with Crippen LogP contribution in [0.15, 0.2) is 67.3 Å². The lowest BCUT2D eigenvalue weighted by molar-refractivity contribution is -0.137. The van der Waals surface area contributed by atoms with Gasteiger partial charge in [-0.2, -0.15) is 13.2 Å². The lowest BCUT2D eigenvalue weighted by Crippen LogP contribution is -2.20. The van der Waals surface area contributed by atoms with E-state index in [2.05, 4.69) is 17.2 Å². The summed E-state index contributed by atoms with van der Waals surface area (Å²) in [6, 6.07) is 13.2. The van der Waals surface area contributed by atoms with Gasteiger partial charge in [0.25, 0.3) is 0 Å². The van der Waals surface area contributed by atoms with E-state index in [1.54, 1.807) is 30.3 Å². The minimum absolute atomic E-state index is 0.0329. The molecule has 3 rings (SSSR count). The number of ether oxygens (including phenoxy) is 1. The monoisotopic (exact) mass is 420 g/mol. The highest BCUT2D eigenvalue weighted by atomic mass is 35.5. The van der Waals surface area contributed by atoms with Crippen molar-refractivity contribution in [3.63, 3.8) is 0 Å². The summed E-state index contributed by atoms with van der Waals surface area (Å²) in [5.74, 6) is 0.597. The average Bonchev–Trinajstić information content (AvgIpc) is 2.67. The number of fused-ring (bicyclic) bond motifs is 1. The first-order valence-electron chi connectivity index (χ1n) is 8.49. The van der Waals surface area contributed by atoms with Crippen molar-refractivity contribution in [2.24, 2.45) is 0 Å². The molecule has 3 aromatic carbocycles. The Morgan fingerprint density at radius 3 is 2.62 bits per heavy atom. The van der Waals surface area contributed by atoms with Crippen molar-refractivity contribution < 1.29 is 22.7 Å². The molecule has 4 nitrogen and oxygen atoms in total.